The highest BCUT2D eigenvalue weighted by atomic mass is 127. The van der Waals surface area contributed by atoms with Crippen LogP contribution in [-0.4, -0.2) is 49.1 Å². The van der Waals surface area contributed by atoms with Crippen LogP contribution >= 0.6 is 24.0 Å². The van der Waals surface area contributed by atoms with Crippen LogP contribution in [0.3, 0.4) is 0 Å². The smallest absolute Gasteiger partial charge is 0.421 e. The van der Waals surface area contributed by atoms with Crippen LogP contribution in [0.25, 0.3) is 0 Å². The summed E-state index contributed by atoms with van der Waals surface area (Å²) in [5, 5.41) is 3.12. The molecule has 1 aliphatic rings. The first-order valence-electron chi connectivity index (χ1n) is 8.02. The van der Waals surface area contributed by atoms with Gasteiger partial charge in [0.2, 0.25) is 5.88 Å². The zero-order valence-electron chi connectivity index (χ0n) is 14.3. The van der Waals surface area contributed by atoms with Gasteiger partial charge >= 0.3 is 6.18 Å². The Labute approximate surface area is 163 Å². The van der Waals surface area contributed by atoms with E-state index in [-0.39, 0.29) is 30.6 Å². The number of likely N-dealkylation sites (tertiary alicyclic amines) is 1. The average Bonchev–Trinajstić information content (AvgIpc) is 2.55. The first kappa shape index (κ1) is 21.8. The molecule has 1 aliphatic heterocycles. The Morgan fingerprint density at radius 2 is 2.08 bits per heavy atom. The molecule has 0 spiro atoms. The van der Waals surface area contributed by atoms with Gasteiger partial charge in [0.05, 0.1) is 6.54 Å². The van der Waals surface area contributed by atoms with Crippen LogP contribution in [0.1, 0.15) is 25.3 Å². The third-order valence-electron chi connectivity index (χ3n) is 4.00. The summed E-state index contributed by atoms with van der Waals surface area (Å²) in [7, 11) is 1.70. The standard InChI is InChI=1S/C16H23F3N4O.HI/c1-12-5-9-23(10-6-12)15(20-2)22-8-11-24-14-13(16(17,18)19)4-3-7-21-14;/h3-4,7,12H,5-6,8-11H2,1-2H3,(H,20,22);1H. The van der Waals surface area contributed by atoms with Crippen molar-refractivity contribution in [3.63, 3.8) is 0 Å². The van der Waals surface area contributed by atoms with Gasteiger partial charge in [0.25, 0.3) is 0 Å². The van der Waals surface area contributed by atoms with E-state index in [1.54, 1.807) is 7.05 Å². The van der Waals surface area contributed by atoms with Crippen molar-refractivity contribution in [3.8, 4) is 5.88 Å². The second kappa shape index (κ2) is 10.0. The Morgan fingerprint density at radius 1 is 1.40 bits per heavy atom. The summed E-state index contributed by atoms with van der Waals surface area (Å²) in [5.74, 6) is 1.07. The van der Waals surface area contributed by atoms with Crippen molar-refractivity contribution in [1.82, 2.24) is 15.2 Å². The number of hydrogen-bond donors (Lipinski definition) is 1. The molecule has 2 rings (SSSR count). The van der Waals surface area contributed by atoms with Gasteiger partial charge in [-0.3, -0.25) is 4.99 Å². The topological polar surface area (TPSA) is 49.8 Å². The van der Waals surface area contributed by atoms with Gasteiger partial charge < -0.3 is 15.0 Å². The lowest BCUT2D eigenvalue weighted by Gasteiger charge is -2.32. The summed E-state index contributed by atoms with van der Waals surface area (Å²) in [4.78, 5) is 10.0. The van der Waals surface area contributed by atoms with Crippen molar-refractivity contribution in [1.29, 1.82) is 0 Å². The second-order valence-corrected chi connectivity index (χ2v) is 5.85. The molecule has 1 saturated heterocycles. The molecule has 0 amide bonds. The molecule has 9 heteroatoms. The Kier molecular flexibility index (Phi) is 8.74. The van der Waals surface area contributed by atoms with Crippen LogP contribution in [-0.2, 0) is 6.18 Å². The lowest BCUT2D eigenvalue weighted by molar-refractivity contribution is -0.139. The average molecular weight is 472 g/mol. The number of rotatable bonds is 4. The number of pyridine rings is 1. The fourth-order valence-electron chi connectivity index (χ4n) is 2.58. The number of halogens is 4. The maximum atomic E-state index is 12.9. The molecule has 1 aromatic heterocycles. The molecular weight excluding hydrogens is 448 g/mol. The van der Waals surface area contributed by atoms with Gasteiger partial charge in [-0.1, -0.05) is 6.92 Å². The Balaban J connectivity index is 0.00000312. The zero-order chi connectivity index (χ0) is 17.6. The van der Waals surface area contributed by atoms with Crippen molar-refractivity contribution in [3.05, 3.63) is 23.9 Å². The fraction of sp³-hybridized carbons (Fsp3) is 0.625. The lowest BCUT2D eigenvalue weighted by atomic mass is 10.00. The normalized spacial score (nSPS) is 16.4. The van der Waals surface area contributed by atoms with Gasteiger partial charge in [-0.05, 0) is 30.9 Å². The monoisotopic (exact) mass is 472 g/mol. The van der Waals surface area contributed by atoms with E-state index in [1.807, 2.05) is 0 Å². The Morgan fingerprint density at radius 3 is 2.68 bits per heavy atom. The molecule has 0 unspecified atom stereocenters. The van der Waals surface area contributed by atoms with E-state index in [4.69, 9.17) is 4.74 Å². The van der Waals surface area contributed by atoms with Crippen molar-refractivity contribution < 1.29 is 17.9 Å². The molecule has 2 heterocycles. The van der Waals surface area contributed by atoms with Gasteiger partial charge in [-0.15, -0.1) is 24.0 Å². The van der Waals surface area contributed by atoms with Crippen molar-refractivity contribution in [2.75, 3.05) is 33.3 Å². The SMILES string of the molecule is CN=C(NCCOc1ncccc1C(F)(F)F)N1CCC(C)CC1.I. The van der Waals surface area contributed by atoms with Crippen LogP contribution < -0.4 is 10.1 Å². The van der Waals surface area contributed by atoms with E-state index in [0.717, 1.165) is 38.0 Å². The second-order valence-electron chi connectivity index (χ2n) is 5.85. The van der Waals surface area contributed by atoms with E-state index >= 15 is 0 Å². The summed E-state index contributed by atoms with van der Waals surface area (Å²) in [6.45, 7) is 4.52. The van der Waals surface area contributed by atoms with Gasteiger partial charge in [0.15, 0.2) is 5.96 Å². The number of nitrogens with zero attached hydrogens (tertiary/aromatic N) is 3. The zero-order valence-corrected chi connectivity index (χ0v) is 16.7. The summed E-state index contributed by atoms with van der Waals surface area (Å²) in [6.07, 6.45) is -0.969. The van der Waals surface area contributed by atoms with Gasteiger partial charge in [0, 0.05) is 26.3 Å². The van der Waals surface area contributed by atoms with Crippen molar-refractivity contribution >= 4 is 29.9 Å². The molecule has 0 saturated carbocycles. The Hall–Kier alpha value is -1.26. The van der Waals surface area contributed by atoms with Crippen LogP contribution in [0.2, 0.25) is 0 Å². The molecule has 25 heavy (non-hydrogen) atoms. The third kappa shape index (κ3) is 6.52. The molecular formula is C16H24F3IN4O. The molecule has 0 aromatic carbocycles. The van der Waals surface area contributed by atoms with E-state index in [2.05, 4.69) is 27.1 Å². The number of guanidine groups is 1. The van der Waals surface area contributed by atoms with E-state index in [9.17, 15) is 13.2 Å². The number of aliphatic imine (C=N–C) groups is 1. The fourth-order valence-corrected chi connectivity index (χ4v) is 2.58. The van der Waals surface area contributed by atoms with E-state index < -0.39 is 17.6 Å². The minimum absolute atomic E-state index is 0. The molecule has 5 nitrogen and oxygen atoms in total. The lowest BCUT2D eigenvalue weighted by Crippen LogP contribution is -2.46. The largest absolute Gasteiger partial charge is 0.475 e. The van der Waals surface area contributed by atoms with Crippen LogP contribution in [0, 0.1) is 5.92 Å². The predicted molar refractivity (Wildman–Crippen MR) is 101 cm³/mol. The predicted octanol–water partition coefficient (Wildman–Crippen LogP) is 3.40. The molecule has 1 aromatic rings. The highest BCUT2D eigenvalue weighted by molar-refractivity contribution is 14.0. The van der Waals surface area contributed by atoms with Crippen molar-refractivity contribution in [2.24, 2.45) is 10.9 Å². The van der Waals surface area contributed by atoms with Crippen molar-refractivity contribution in [2.45, 2.75) is 25.9 Å². The summed E-state index contributed by atoms with van der Waals surface area (Å²) < 4.78 is 43.8. The van der Waals surface area contributed by atoms with Crippen LogP contribution in [0.15, 0.2) is 23.3 Å². The first-order chi connectivity index (χ1) is 11.4. The number of piperidine rings is 1. The summed E-state index contributed by atoms with van der Waals surface area (Å²) in [5.41, 5.74) is -0.862. The Bertz CT molecular complexity index is 561. The minimum atomic E-state index is -4.47. The first-order valence-corrected chi connectivity index (χ1v) is 8.02. The van der Waals surface area contributed by atoms with E-state index in [0.29, 0.717) is 12.5 Å². The number of hydrogen-bond acceptors (Lipinski definition) is 3. The number of aromatic nitrogens is 1. The summed E-state index contributed by atoms with van der Waals surface area (Å²) in [6, 6.07) is 2.21. The quantitative estimate of drug-likeness (QED) is 0.316. The van der Waals surface area contributed by atoms with Gasteiger partial charge in [0.1, 0.15) is 12.2 Å². The molecule has 0 atom stereocenters. The molecule has 0 aliphatic carbocycles. The molecule has 1 fully saturated rings. The van der Waals surface area contributed by atoms with Gasteiger partial charge in [-0.25, -0.2) is 4.98 Å². The maximum Gasteiger partial charge on any atom is 0.421 e. The van der Waals surface area contributed by atoms with Gasteiger partial charge in [-0.2, -0.15) is 13.2 Å². The molecule has 1 N–H and O–H groups in total. The third-order valence-corrected chi connectivity index (χ3v) is 4.00. The maximum absolute atomic E-state index is 12.9. The van der Waals surface area contributed by atoms with Crippen LogP contribution in [0.4, 0.5) is 13.2 Å². The number of nitrogens with one attached hydrogen (secondary N) is 1. The minimum Gasteiger partial charge on any atom is -0.475 e. The summed E-state index contributed by atoms with van der Waals surface area (Å²) >= 11 is 0. The molecule has 0 radical (unpaired) electrons. The highest BCUT2D eigenvalue weighted by Crippen LogP contribution is 2.34. The highest BCUT2D eigenvalue weighted by Gasteiger charge is 2.35. The number of ether oxygens (including phenoxy) is 1. The van der Waals surface area contributed by atoms with E-state index in [1.165, 1.54) is 12.3 Å². The molecule has 0 bridgehead atoms. The van der Waals surface area contributed by atoms with Crippen LogP contribution in [0.5, 0.6) is 5.88 Å². The number of alkyl halides is 3. The molecule has 142 valence electrons.